The number of rotatable bonds is 1. The smallest absolute Gasteiger partial charge is 0.132 e. The Kier molecular flexibility index (Phi) is 4.59. The SMILES string of the molecule is Cc1ccc2c(c1)-c1ccccc1C21c2ccccc2-c2cccc(-c3ccc4c(c3)Oc3ccccc3C4(C)C)c21. The van der Waals surface area contributed by atoms with Gasteiger partial charge in [-0.05, 0) is 74.7 Å². The van der Waals surface area contributed by atoms with Crippen LogP contribution >= 0.6 is 0 Å². The van der Waals surface area contributed by atoms with Crippen molar-refractivity contribution in [3.05, 3.63) is 166 Å². The maximum atomic E-state index is 6.60. The van der Waals surface area contributed by atoms with Crippen molar-refractivity contribution in [1.29, 1.82) is 0 Å². The molecule has 0 fully saturated rings. The van der Waals surface area contributed by atoms with Crippen molar-refractivity contribution in [2.24, 2.45) is 0 Å². The Morgan fingerprint density at radius 1 is 0.452 bits per heavy atom. The molecule has 3 aliphatic rings. The minimum absolute atomic E-state index is 0.139. The van der Waals surface area contributed by atoms with Crippen LogP contribution in [0.4, 0.5) is 0 Å². The summed E-state index contributed by atoms with van der Waals surface area (Å²) in [6, 6.07) is 47.3. The minimum atomic E-state index is -0.384. The topological polar surface area (TPSA) is 9.23 Å². The van der Waals surface area contributed by atoms with Gasteiger partial charge in [-0.25, -0.2) is 0 Å². The highest BCUT2D eigenvalue weighted by Gasteiger charge is 2.52. The van der Waals surface area contributed by atoms with E-state index in [-0.39, 0.29) is 10.8 Å². The van der Waals surface area contributed by atoms with E-state index in [1.165, 1.54) is 72.3 Å². The minimum Gasteiger partial charge on any atom is -0.457 e. The Bertz CT molecular complexity index is 2110. The lowest BCUT2D eigenvalue weighted by Gasteiger charge is -2.35. The molecule has 0 saturated carbocycles. The first-order chi connectivity index (χ1) is 20.5. The van der Waals surface area contributed by atoms with Crippen LogP contribution in [0.2, 0.25) is 0 Å². The summed E-state index contributed by atoms with van der Waals surface area (Å²) >= 11 is 0. The van der Waals surface area contributed by atoms with Gasteiger partial charge in [-0.2, -0.15) is 0 Å². The van der Waals surface area contributed by atoms with Gasteiger partial charge in [0.2, 0.25) is 0 Å². The Balaban J connectivity index is 1.35. The van der Waals surface area contributed by atoms with E-state index in [9.17, 15) is 0 Å². The molecule has 6 aromatic rings. The highest BCUT2D eigenvalue weighted by Crippen LogP contribution is 2.64. The molecular weight excluding hydrogens is 508 g/mol. The number of aryl methyl sites for hydroxylation is 1. The number of ether oxygens (including phenoxy) is 1. The molecule has 0 radical (unpaired) electrons. The molecule has 2 aliphatic carbocycles. The Morgan fingerprint density at radius 3 is 1.81 bits per heavy atom. The van der Waals surface area contributed by atoms with E-state index in [1.807, 2.05) is 0 Å². The van der Waals surface area contributed by atoms with Crippen molar-refractivity contribution in [1.82, 2.24) is 0 Å². The standard InChI is InChI=1S/C41H30O/c1-25-19-21-34-31(23-25)29-12-5-7-16-33(29)41(34)32-15-6-4-11-28(32)30-14-10-13-27(39(30)41)26-20-22-36-38(24-26)42-37-18-9-8-17-35(37)40(36,2)3/h4-24H,1-3H3. The van der Waals surface area contributed by atoms with E-state index in [4.69, 9.17) is 4.74 Å². The fourth-order valence-electron chi connectivity index (χ4n) is 8.18. The quantitative estimate of drug-likeness (QED) is 0.202. The normalized spacial score (nSPS) is 17.9. The van der Waals surface area contributed by atoms with Crippen LogP contribution in [0, 0.1) is 6.92 Å². The van der Waals surface area contributed by atoms with Crippen LogP contribution in [0.5, 0.6) is 11.5 Å². The first-order valence-electron chi connectivity index (χ1n) is 14.9. The van der Waals surface area contributed by atoms with Gasteiger partial charge in [-0.15, -0.1) is 0 Å². The van der Waals surface area contributed by atoms with Gasteiger partial charge in [0.05, 0.1) is 5.41 Å². The van der Waals surface area contributed by atoms with Crippen LogP contribution in [-0.4, -0.2) is 0 Å². The van der Waals surface area contributed by atoms with Crippen LogP contribution in [0.25, 0.3) is 33.4 Å². The number of benzene rings is 6. The Labute approximate surface area is 247 Å². The lowest BCUT2D eigenvalue weighted by atomic mass is 9.68. The number of para-hydroxylation sites is 1. The fourth-order valence-corrected chi connectivity index (χ4v) is 8.18. The summed E-state index contributed by atoms with van der Waals surface area (Å²) in [5.41, 5.74) is 16.5. The molecule has 1 heteroatoms. The van der Waals surface area contributed by atoms with Crippen molar-refractivity contribution < 1.29 is 4.74 Å². The molecule has 0 aromatic heterocycles. The van der Waals surface area contributed by atoms with Crippen molar-refractivity contribution in [3.63, 3.8) is 0 Å². The van der Waals surface area contributed by atoms with Gasteiger partial charge in [0, 0.05) is 16.5 Å². The summed E-state index contributed by atoms with van der Waals surface area (Å²) in [6.45, 7) is 6.79. The Hall–Kier alpha value is -4.88. The van der Waals surface area contributed by atoms with Crippen molar-refractivity contribution in [3.8, 4) is 44.9 Å². The fraction of sp³-hybridized carbons (Fsp3) is 0.122. The average Bonchev–Trinajstić information content (AvgIpc) is 3.48. The van der Waals surface area contributed by atoms with E-state index in [1.54, 1.807) is 0 Å². The molecule has 1 heterocycles. The summed E-state index contributed by atoms with van der Waals surface area (Å²) in [4.78, 5) is 0. The second-order valence-corrected chi connectivity index (χ2v) is 12.6. The third-order valence-electron chi connectivity index (χ3n) is 10.0. The zero-order valence-electron chi connectivity index (χ0n) is 24.0. The first-order valence-corrected chi connectivity index (χ1v) is 14.9. The molecule has 6 aromatic carbocycles. The third-order valence-corrected chi connectivity index (χ3v) is 10.0. The first kappa shape index (κ1) is 23.8. The zero-order valence-corrected chi connectivity index (χ0v) is 24.0. The van der Waals surface area contributed by atoms with Crippen LogP contribution < -0.4 is 4.74 Å². The number of hydrogen-bond acceptors (Lipinski definition) is 1. The van der Waals surface area contributed by atoms with Crippen LogP contribution in [0.1, 0.15) is 52.8 Å². The second kappa shape index (κ2) is 8.11. The monoisotopic (exact) mass is 538 g/mol. The molecule has 1 unspecified atom stereocenters. The molecule has 0 amide bonds. The van der Waals surface area contributed by atoms with Crippen molar-refractivity contribution in [2.75, 3.05) is 0 Å². The molecular formula is C41H30O. The predicted octanol–water partition coefficient (Wildman–Crippen LogP) is 10.4. The van der Waals surface area contributed by atoms with E-state index in [2.05, 4.69) is 148 Å². The Morgan fingerprint density at radius 2 is 1.02 bits per heavy atom. The third kappa shape index (κ3) is 2.83. The summed E-state index contributed by atoms with van der Waals surface area (Å²) < 4.78 is 6.60. The predicted molar refractivity (Wildman–Crippen MR) is 172 cm³/mol. The highest BCUT2D eigenvalue weighted by molar-refractivity contribution is 5.98. The van der Waals surface area contributed by atoms with Crippen molar-refractivity contribution >= 4 is 0 Å². The van der Waals surface area contributed by atoms with Crippen molar-refractivity contribution in [2.45, 2.75) is 31.6 Å². The van der Waals surface area contributed by atoms with E-state index in [0.29, 0.717) is 0 Å². The van der Waals surface area contributed by atoms with Gasteiger partial charge in [0.25, 0.3) is 0 Å². The molecule has 1 aliphatic heterocycles. The summed E-state index contributed by atoms with van der Waals surface area (Å²) in [5.74, 6) is 1.89. The molecule has 42 heavy (non-hydrogen) atoms. The average molecular weight is 539 g/mol. The second-order valence-electron chi connectivity index (χ2n) is 12.6. The van der Waals surface area contributed by atoms with Gasteiger partial charge in [-0.3, -0.25) is 0 Å². The molecule has 200 valence electrons. The van der Waals surface area contributed by atoms with Gasteiger partial charge in [-0.1, -0.05) is 135 Å². The lowest BCUT2D eigenvalue weighted by Crippen LogP contribution is -2.26. The molecule has 1 atom stereocenters. The van der Waals surface area contributed by atoms with Crippen LogP contribution in [0.15, 0.2) is 127 Å². The van der Waals surface area contributed by atoms with Gasteiger partial charge < -0.3 is 4.74 Å². The summed E-state index contributed by atoms with van der Waals surface area (Å²) in [6.07, 6.45) is 0. The van der Waals surface area contributed by atoms with E-state index >= 15 is 0 Å². The maximum Gasteiger partial charge on any atom is 0.132 e. The highest BCUT2D eigenvalue weighted by atomic mass is 16.5. The van der Waals surface area contributed by atoms with E-state index in [0.717, 1.165) is 11.5 Å². The molecule has 0 saturated heterocycles. The maximum absolute atomic E-state index is 6.60. The lowest BCUT2D eigenvalue weighted by molar-refractivity contribution is 0.418. The zero-order chi connectivity index (χ0) is 28.2. The van der Waals surface area contributed by atoms with Gasteiger partial charge in [0.1, 0.15) is 11.5 Å². The molecule has 1 spiro atoms. The van der Waals surface area contributed by atoms with Gasteiger partial charge >= 0.3 is 0 Å². The largest absolute Gasteiger partial charge is 0.457 e. The van der Waals surface area contributed by atoms with Gasteiger partial charge in [0.15, 0.2) is 0 Å². The molecule has 9 rings (SSSR count). The molecule has 1 nitrogen and oxygen atoms in total. The van der Waals surface area contributed by atoms with Crippen LogP contribution in [0.3, 0.4) is 0 Å². The molecule has 0 bridgehead atoms. The summed E-state index contributed by atoms with van der Waals surface area (Å²) in [7, 11) is 0. The van der Waals surface area contributed by atoms with E-state index < -0.39 is 0 Å². The van der Waals surface area contributed by atoms with Crippen LogP contribution in [-0.2, 0) is 10.8 Å². The molecule has 0 N–H and O–H groups in total. The summed E-state index contributed by atoms with van der Waals surface area (Å²) in [5, 5.41) is 0. The number of fused-ring (bicyclic) bond motifs is 12. The number of hydrogen-bond donors (Lipinski definition) is 0.